The first kappa shape index (κ1) is 20.0. The van der Waals surface area contributed by atoms with E-state index < -0.39 is 0 Å². The smallest absolute Gasteiger partial charge is 0.173 e. The van der Waals surface area contributed by atoms with Crippen molar-refractivity contribution in [1.29, 1.82) is 0 Å². The van der Waals surface area contributed by atoms with Gasteiger partial charge in [0.15, 0.2) is 17.3 Å². The van der Waals surface area contributed by atoms with E-state index in [1.807, 2.05) is 31.2 Å². The summed E-state index contributed by atoms with van der Waals surface area (Å²) in [5.41, 5.74) is 3.80. The molecule has 1 atom stereocenters. The largest absolute Gasteiger partial charge is 0.495 e. The summed E-state index contributed by atoms with van der Waals surface area (Å²) in [6, 6.07) is 9.53. The third-order valence-electron chi connectivity index (χ3n) is 5.40. The highest BCUT2D eigenvalue weighted by Crippen LogP contribution is 2.40. The molecule has 28 heavy (non-hydrogen) atoms. The lowest BCUT2D eigenvalue weighted by Crippen LogP contribution is -2.18. The Balaban J connectivity index is 1.99. The molecule has 0 spiro atoms. The summed E-state index contributed by atoms with van der Waals surface area (Å²) in [6.07, 6.45) is 5.19. The maximum Gasteiger partial charge on any atom is 0.173 e. The first-order valence-corrected chi connectivity index (χ1v) is 9.46. The molecule has 1 aliphatic rings. The van der Waals surface area contributed by atoms with Crippen molar-refractivity contribution in [3.63, 3.8) is 0 Å². The molecule has 0 aromatic heterocycles. The Bertz CT molecular complexity index is 924. The number of carbonyl (C=O) groups excluding carboxylic acids is 1. The number of rotatable bonds is 6. The zero-order valence-electron chi connectivity index (χ0n) is 17.5. The fourth-order valence-electron chi connectivity index (χ4n) is 3.76. The first-order chi connectivity index (χ1) is 13.3. The van der Waals surface area contributed by atoms with Gasteiger partial charge in [-0.2, -0.15) is 0 Å². The van der Waals surface area contributed by atoms with Gasteiger partial charge in [-0.25, -0.2) is 0 Å². The van der Waals surface area contributed by atoms with E-state index in [4.69, 9.17) is 14.2 Å². The molecule has 2 aromatic carbocycles. The van der Waals surface area contributed by atoms with Crippen LogP contribution in [-0.2, 0) is 6.42 Å². The van der Waals surface area contributed by atoms with Gasteiger partial charge in [0, 0.05) is 11.5 Å². The van der Waals surface area contributed by atoms with Crippen LogP contribution in [0, 0.1) is 5.41 Å². The van der Waals surface area contributed by atoms with Gasteiger partial charge in [-0.1, -0.05) is 45.1 Å². The van der Waals surface area contributed by atoms with Gasteiger partial charge in [-0.3, -0.25) is 4.79 Å². The molecule has 3 rings (SSSR count). The van der Waals surface area contributed by atoms with E-state index in [2.05, 4.69) is 32.1 Å². The molecular weight excluding hydrogens is 352 g/mol. The number of hydrogen-bond acceptors (Lipinski definition) is 4. The molecule has 0 heterocycles. The average molecular weight is 380 g/mol. The van der Waals surface area contributed by atoms with Crippen LogP contribution in [-0.4, -0.2) is 27.1 Å². The molecule has 0 saturated carbocycles. The summed E-state index contributed by atoms with van der Waals surface area (Å²) in [7, 11) is 4.81. The van der Waals surface area contributed by atoms with Crippen LogP contribution >= 0.6 is 0 Å². The second-order valence-electron chi connectivity index (χ2n) is 7.92. The lowest BCUT2D eigenvalue weighted by atomic mass is 9.78. The zero-order valence-corrected chi connectivity index (χ0v) is 17.5. The number of allylic oxidation sites excluding steroid dienone is 1. The van der Waals surface area contributed by atoms with Gasteiger partial charge >= 0.3 is 0 Å². The molecule has 0 saturated heterocycles. The van der Waals surface area contributed by atoms with Gasteiger partial charge in [0.1, 0.15) is 5.75 Å². The van der Waals surface area contributed by atoms with Crippen LogP contribution in [0.4, 0.5) is 0 Å². The molecule has 4 heteroatoms. The van der Waals surface area contributed by atoms with Crippen molar-refractivity contribution in [3.8, 4) is 17.2 Å². The highest BCUT2D eigenvalue weighted by molar-refractivity contribution is 6.04. The van der Waals surface area contributed by atoms with E-state index in [9.17, 15) is 4.79 Å². The normalized spacial score (nSPS) is 15.5. The van der Waals surface area contributed by atoms with Crippen LogP contribution in [0.25, 0.3) is 6.08 Å². The minimum atomic E-state index is -0.337. The highest BCUT2D eigenvalue weighted by Gasteiger charge is 2.27. The Kier molecular flexibility index (Phi) is 5.50. The molecule has 0 aliphatic heterocycles. The molecular formula is C24H28O4. The van der Waals surface area contributed by atoms with Crippen LogP contribution in [0.15, 0.2) is 36.4 Å². The lowest BCUT2D eigenvalue weighted by molar-refractivity contribution is 0.0963. The van der Waals surface area contributed by atoms with Gasteiger partial charge in [0.2, 0.25) is 0 Å². The number of carbonyl (C=O) groups is 1. The Hall–Kier alpha value is -2.75. The summed E-state index contributed by atoms with van der Waals surface area (Å²) < 4.78 is 16.4. The van der Waals surface area contributed by atoms with Crippen molar-refractivity contribution in [2.75, 3.05) is 21.3 Å². The number of Topliss-reactive ketones (excluding diaryl/α,β-unsaturated/α-hetero) is 1. The Morgan fingerprint density at radius 1 is 1.00 bits per heavy atom. The second kappa shape index (κ2) is 7.70. The average Bonchev–Trinajstić information content (AvgIpc) is 2.70. The fraction of sp³-hybridized carbons (Fsp3) is 0.375. The molecule has 0 N–H and O–H groups in total. The number of fused-ring (bicyclic) bond motifs is 1. The summed E-state index contributed by atoms with van der Waals surface area (Å²) in [5.74, 6) is 1.59. The summed E-state index contributed by atoms with van der Waals surface area (Å²) in [4.78, 5) is 13.3. The van der Waals surface area contributed by atoms with Crippen molar-refractivity contribution in [2.45, 2.75) is 33.1 Å². The number of ether oxygens (including phenoxy) is 3. The fourth-order valence-corrected chi connectivity index (χ4v) is 3.76. The van der Waals surface area contributed by atoms with Crippen molar-refractivity contribution >= 4 is 11.9 Å². The maximum atomic E-state index is 13.3. The molecule has 0 unspecified atom stereocenters. The second-order valence-corrected chi connectivity index (χ2v) is 7.92. The topological polar surface area (TPSA) is 44.8 Å². The molecule has 0 amide bonds. The maximum absolute atomic E-state index is 13.3. The molecule has 4 nitrogen and oxygen atoms in total. The van der Waals surface area contributed by atoms with E-state index in [0.717, 1.165) is 17.5 Å². The number of hydrogen-bond donors (Lipinski definition) is 0. The van der Waals surface area contributed by atoms with Gasteiger partial charge in [-0.15, -0.1) is 0 Å². The Morgan fingerprint density at radius 2 is 1.71 bits per heavy atom. The zero-order chi connectivity index (χ0) is 20.5. The highest BCUT2D eigenvalue weighted by atomic mass is 16.5. The lowest BCUT2D eigenvalue weighted by Gasteiger charge is -2.27. The Labute approximate surface area is 167 Å². The Morgan fingerprint density at radius 3 is 2.36 bits per heavy atom. The number of methoxy groups -OCH3 is 3. The van der Waals surface area contributed by atoms with Crippen molar-refractivity contribution in [3.05, 3.63) is 58.7 Å². The number of ketones is 1. The monoisotopic (exact) mass is 380 g/mol. The van der Waals surface area contributed by atoms with Crippen molar-refractivity contribution < 1.29 is 19.0 Å². The van der Waals surface area contributed by atoms with E-state index in [-0.39, 0.29) is 17.1 Å². The number of benzene rings is 2. The molecule has 0 radical (unpaired) electrons. The predicted octanol–water partition coefficient (Wildman–Crippen LogP) is 5.29. The van der Waals surface area contributed by atoms with E-state index >= 15 is 0 Å². The molecule has 148 valence electrons. The van der Waals surface area contributed by atoms with Gasteiger partial charge in [0.25, 0.3) is 0 Å². The summed E-state index contributed by atoms with van der Waals surface area (Å²) in [6.45, 7) is 6.32. The third kappa shape index (κ3) is 3.64. The van der Waals surface area contributed by atoms with Crippen LogP contribution in [0.2, 0.25) is 0 Å². The van der Waals surface area contributed by atoms with Gasteiger partial charge < -0.3 is 14.2 Å². The van der Waals surface area contributed by atoms with Crippen molar-refractivity contribution in [2.24, 2.45) is 5.41 Å². The molecule has 1 aliphatic carbocycles. The SMILES string of the molecule is COc1ccc([C@H](C)C(=O)c2ccc3c(c2OC)C=CC(C)(C)C3)cc1OC. The third-order valence-corrected chi connectivity index (χ3v) is 5.40. The quantitative estimate of drug-likeness (QED) is 0.639. The van der Waals surface area contributed by atoms with Crippen LogP contribution < -0.4 is 14.2 Å². The van der Waals surface area contributed by atoms with Gasteiger partial charge in [0.05, 0.1) is 26.9 Å². The van der Waals surface area contributed by atoms with Gasteiger partial charge in [-0.05, 0) is 41.2 Å². The summed E-state index contributed by atoms with van der Waals surface area (Å²) >= 11 is 0. The standard InChI is InChI=1S/C24H28O4/c1-15(16-8-10-20(26-4)21(13-16)27-5)22(25)19-9-7-17-14-24(2,3)12-11-18(17)23(19)28-6/h7-13,15H,14H2,1-6H3/t15-/m0/s1. The molecule has 2 aromatic rings. The van der Waals surface area contributed by atoms with Crippen molar-refractivity contribution in [1.82, 2.24) is 0 Å². The summed E-state index contributed by atoms with van der Waals surface area (Å²) in [5, 5.41) is 0. The van der Waals surface area contributed by atoms with Crippen LogP contribution in [0.5, 0.6) is 17.2 Å². The van der Waals surface area contributed by atoms with Crippen LogP contribution in [0.1, 0.15) is 53.7 Å². The minimum Gasteiger partial charge on any atom is -0.495 e. The first-order valence-electron chi connectivity index (χ1n) is 9.46. The predicted molar refractivity (Wildman–Crippen MR) is 112 cm³/mol. The van der Waals surface area contributed by atoms with Crippen LogP contribution in [0.3, 0.4) is 0 Å². The molecule has 0 fully saturated rings. The molecule has 0 bridgehead atoms. The van der Waals surface area contributed by atoms with E-state index in [0.29, 0.717) is 22.8 Å². The van der Waals surface area contributed by atoms with E-state index in [1.54, 1.807) is 21.3 Å². The van der Waals surface area contributed by atoms with E-state index in [1.165, 1.54) is 5.56 Å². The minimum absolute atomic E-state index is 0.0186.